The first-order valence-corrected chi connectivity index (χ1v) is 10.0. The minimum Gasteiger partial charge on any atom is -0.337 e. The number of sulfonamides is 1. The van der Waals surface area contributed by atoms with E-state index in [9.17, 15) is 13.2 Å². The smallest absolute Gasteiger partial charge is 0.319 e. The summed E-state index contributed by atoms with van der Waals surface area (Å²) in [6.45, 7) is 12.6. The fraction of sp³-hybridized carbons (Fsp3) is 0.611. The zero-order valence-electron chi connectivity index (χ0n) is 16.3. The summed E-state index contributed by atoms with van der Waals surface area (Å²) in [6, 6.07) is 5.71. The highest BCUT2D eigenvalue weighted by Gasteiger charge is 2.22. The van der Waals surface area contributed by atoms with Gasteiger partial charge in [-0.2, -0.15) is 0 Å². The predicted molar refractivity (Wildman–Crippen MR) is 104 cm³/mol. The quantitative estimate of drug-likeness (QED) is 0.746. The number of amides is 2. The average molecular weight is 370 g/mol. The van der Waals surface area contributed by atoms with E-state index in [0.717, 1.165) is 16.8 Å². The van der Waals surface area contributed by atoms with Crippen LogP contribution in [0.25, 0.3) is 0 Å². The SMILES string of the molecule is CNS(=O)(=O)CCNC(=O)Nc1cc(C(C)(C)C)ccc1C(C)(C)C. The topological polar surface area (TPSA) is 87.3 Å². The molecule has 0 heterocycles. The van der Waals surface area contributed by atoms with Crippen LogP contribution in [0.2, 0.25) is 0 Å². The summed E-state index contributed by atoms with van der Waals surface area (Å²) >= 11 is 0. The molecule has 0 aliphatic carbocycles. The molecule has 0 bridgehead atoms. The summed E-state index contributed by atoms with van der Waals surface area (Å²) in [6.07, 6.45) is 0. The standard InChI is InChI=1S/C18H31N3O3S/c1-17(2,3)13-8-9-14(18(4,5)6)15(12-13)21-16(22)20-10-11-25(23,24)19-7/h8-9,12,19H,10-11H2,1-7H3,(H2,20,21,22). The van der Waals surface area contributed by atoms with Crippen LogP contribution >= 0.6 is 0 Å². The Hall–Kier alpha value is -1.60. The van der Waals surface area contributed by atoms with Crippen molar-refractivity contribution in [2.75, 3.05) is 24.7 Å². The Bertz CT molecular complexity index is 714. The normalized spacial score (nSPS) is 12.8. The van der Waals surface area contributed by atoms with E-state index in [4.69, 9.17) is 0 Å². The minimum atomic E-state index is -3.34. The zero-order valence-corrected chi connectivity index (χ0v) is 17.1. The Morgan fingerprint density at radius 1 is 1.04 bits per heavy atom. The van der Waals surface area contributed by atoms with Gasteiger partial charge in [-0.05, 0) is 35.1 Å². The van der Waals surface area contributed by atoms with Crippen molar-refractivity contribution in [1.82, 2.24) is 10.0 Å². The maximum absolute atomic E-state index is 12.2. The van der Waals surface area contributed by atoms with Crippen LogP contribution in [0.3, 0.4) is 0 Å². The lowest BCUT2D eigenvalue weighted by Crippen LogP contribution is -2.36. The average Bonchev–Trinajstić information content (AvgIpc) is 2.44. The van der Waals surface area contributed by atoms with Crippen molar-refractivity contribution in [1.29, 1.82) is 0 Å². The lowest BCUT2D eigenvalue weighted by molar-refractivity contribution is 0.252. The second-order valence-corrected chi connectivity index (χ2v) is 10.2. The molecule has 0 fully saturated rings. The van der Waals surface area contributed by atoms with Crippen LogP contribution in [-0.2, 0) is 20.9 Å². The van der Waals surface area contributed by atoms with Gasteiger partial charge < -0.3 is 10.6 Å². The third kappa shape index (κ3) is 6.66. The molecule has 7 heteroatoms. The van der Waals surface area contributed by atoms with Crippen molar-refractivity contribution in [2.45, 2.75) is 52.4 Å². The summed E-state index contributed by atoms with van der Waals surface area (Å²) in [7, 11) is -1.99. The molecule has 25 heavy (non-hydrogen) atoms. The highest BCUT2D eigenvalue weighted by Crippen LogP contribution is 2.33. The largest absolute Gasteiger partial charge is 0.337 e. The van der Waals surface area contributed by atoms with Crippen molar-refractivity contribution >= 4 is 21.7 Å². The van der Waals surface area contributed by atoms with Crippen LogP contribution in [0.4, 0.5) is 10.5 Å². The van der Waals surface area contributed by atoms with E-state index in [-0.39, 0.29) is 23.1 Å². The van der Waals surface area contributed by atoms with E-state index in [2.05, 4.69) is 63.0 Å². The second kappa shape index (κ2) is 7.74. The summed E-state index contributed by atoms with van der Waals surface area (Å²) in [4.78, 5) is 12.2. The number of carbonyl (C=O) groups excluding carboxylic acids is 1. The van der Waals surface area contributed by atoms with Crippen molar-refractivity contribution in [3.63, 3.8) is 0 Å². The maximum atomic E-state index is 12.2. The highest BCUT2D eigenvalue weighted by atomic mass is 32.2. The lowest BCUT2D eigenvalue weighted by atomic mass is 9.81. The highest BCUT2D eigenvalue weighted by molar-refractivity contribution is 7.89. The van der Waals surface area contributed by atoms with Crippen LogP contribution < -0.4 is 15.4 Å². The Kier molecular flexibility index (Phi) is 6.64. The molecule has 142 valence electrons. The molecule has 1 aromatic carbocycles. The fourth-order valence-electron chi connectivity index (χ4n) is 2.34. The van der Waals surface area contributed by atoms with Gasteiger partial charge in [0.1, 0.15) is 0 Å². The molecule has 0 saturated carbocycles. The third-order valence-electron chi connectivity index (χ3n) is 3.91. The number of hydrogen-bond acceptors (Lipinski definition) is 3. The van der Waals surface area contributed by atoms with Gasteiger partial charge in [-0.25, -0.2) is 17.9 Å². The van der Waals surface area contributed by atoms with Gasteiger partial charge in [0.2, 0.25) is 10.0 Å². The van der Waals surface area contributed by atoms with Gasteiger partial charge in [0.25, 0.3) is 0 Å². The molecule has 1 rings (SSSR count). The monoisotopic (exact) mass is 369 g/mol. The molecule has 0 radical (unpaired) electrons. The second-order valence-electron chi connectivity index (χ2n) is 8.16. The number of nitrogens with one attached hydrogen (secondary N) is 3. The van der Waals surface area contributed by atoms with Gasteiger partial charge in [-0.1, -0.05) is 53.7 Å². The molecular formula is C18H31N3O3S. The van der Waals surface area contributed by atoms with Crippen LogP contribution in [0, 0.1) is 0 Å². The van der Waals surface area contributed by atoms with Gasteiger partial charge in [0.05, 0.1) is 5.75 Å². The number of benzene rings is 1. The Balaban J connectivity index is 2.96. The zero-order chi connectivity index (χ0) is 19.5. The van der Waals surface area contributed by atoms with Crippen molar-refractivity contribution in [3.05, 3.63) is 29.3 Å². The van der Waals surface area contributed by atoms with Crippen molar-refractivity contribution < 1.29 is 13.2 Å². The summed E-state index contributed by atoms with van der Waals surface area (Å²) in [5, 5.41) is 5.46. The first kappa shape index (κ1) is 21.4. The molecule has 0 aliphatic heterocycles. The van der Waals surface area contributed by atoms with Gasteiger partial charge >= 0.3 is 6.03 Å². The number of urea groups is 1. The van der Waals surface area contributed by atoms with Gasteiger partial charge in [-0.3, -0.25) is 0 Å². The Morgan fingerprint density at radius 2 is 1.64 bits per heavy atom. The summed E-state index contributed by atoms with van der Waals surface area (Å²) < 4.78 is 25.0. The Labute approximate surface area is 151 Å². The van der Waals surface area contributed by atoms with E-state index in [1.165, 1.54) is 7.05 Å². The first-order valence-electron chi connectivity index (χ1n) is 8.37. The van der Waals surface area contributed by atoms with Gasteiger partial charge in [0, 0.05) is 12.2 Å². The minimum absolute atomic E-state index is 0.0375. The molecule has 6 nitrogen and oxygen atoms in total. The molecule has 1 aromatic rings. The number of rotatable bonds is 5. The van der Waals surface area contributed by atoms with E-state index < -0.39 is 16.1 Å². The first-order chi connectivity index (χ1) is 11.3. The summed E-state index contributed by atoms with van der Waals surface area (Å²) in [5.74, 6) is -0.162. The molecule has 2 amide bonds. The molecule has 0 atom stereocenters. The van der Waals surface area contributed by atoms with E-state index in [0.29, 0.717) is 0 Å². The van der Waals surface area contributed by atoms with E-state index >= 15 is 0 Å². The van der Waals surface area contributed by atoms with Crippen LogP contribution in [0.5, 0.6) is 0 Å². The van der Waals surface area contributed by atoms with Crippen molar-refractivity contribution in [2.24, 2.45) is 0 Å². The van der Waals surface area contributed by atoms with Gasteiger partial charge in [0.15, 0.2) is 0 Å². The van der Waals surface area contributed by atoms with Crippen LogP contribution in [0.15, 0.2) is 18.2 Å². The molecule has 0 unspecified atom stereocenters. The van der Waals surface area contributed by atoms with Crippen LogP contribution in [-0.4, -0.2) is 33.8 Å². The predicted octanol–water partition coefficient (Wildman–Crippen LogP) is 2.95. The van der Waals surface area contributed by atoms with Gasteiger partial charge in [-0.15, -0.1) is 0 Å². The van der Waals surface area contributed by atoms with E-state index in [1.807, 2.05) is 12.1 Å². The Morgan fingerprint density at radius 3 is 2.12 bits per heavy atom. The maximum Gasteiger partial charge on any atom is 0.319 e. The van der Waals surface area contributed by atoms with E-state index in [1.54, 1.807) is 0 Å². The van der Waals surface area contributed by atoms with Crippen molar-refractivity contribution in [3.8, 4) is 0 Å². The summed E-state index contributed by atoms with van der Waals surface area (Å²) in [5.41, 5.74) is 2.72. The number of anilines is 1. The molecule has 0 aliphatic rings. The molecule has 3 N–H and O–H groups in total. The molecule has 0 spiro atoms. The number of hydrogen-bond donors (Lipinski definition) is 3. The lowest BCUT2D eigenvalue weighted by Gasteiger charge is -2.27. The molecule has 0 saturated heterocycles. The third-order valence-corrected chi connectivity index (χ3v) is 5.27. The van der Waals surface area contributed by atoms with Crippen LogP contribution in [0.1, 0.15) is 52.7 Å². The molecule has 0 aromatic heterocycles. The fourth-order valence-corrected chi connectivity index (χ4v) is 2.91. The number of carbonyl (C=O) groups is 1. The molecular weight excluding hydrogens is 338 g/mol.